The fraction of sp³-hybridized carbons (Fsp3) is 0. The molecule has 1 nitrogen and oxygen atoms in total. The van der Waals surface area contributed by atoms with Gasteiger partial charge in [0.1, 0.15) is 0 Å². The molecule has 0 radical (unpaired) electrons. The number of hydrogen-bond acceptors (Lipinski definition) is 3. The molecule has 40 heavy (non-hydrogen) atoms. The van der Waals surface area contributed by atoms with Gasteiger partial charge in [0, 0.05) is 45.9 Å². The third-order valence-electron chi connectivity index (χ3n) is 7.76. The summed E-state index contributed by atoms with van der Waals surface area (Å²) < 4.78 is 5.19. The van der Waals surface area contributed by atoms with E-state index >= 15 is 0 Å². The summed E-state index contributed by atoms with van der Waals surface area (Å²) in [5, 5.41) is 15.1. The van der Waals surface area contributed by atoms with Crippen LogP contribution in [0, 0.1) is 11.3 Å². The number of nitrogens with zero attached hydrogens (tertiary/aromatic N) is 1. The summed E-state index contributed by atoms with van der Waals surface area (Å²) in [4.78, 5) is 0. The van der Waals surface area contributed by atoms with Gasteiger partial charge in [-0.1, -0.05) is 84.9 Å². The van der Waals surface area contributed by atoms with Gasteiger partial charge >= 0.3 is 0 Å². The highest BCUT2D eigenvalue weighted by Gasteiger charge is 2.18. The summed E-state index contributed by atoms with van der Waals surface area (Å²) in [7, 11) is 0. The molecule has 0 aliphatic carbocycles. The highest BCUT2D eigenvalue weighted by Crippen LogP contribution is 2.45. The van der Waals surface area contributed by atoms with Crippen LogP contribution in [0.15, 0.2) is 127 Å². The van der Waals surface area contributed by atoms with Crippen LogP contribution >= 0.6 is 22.7 Å². The van der Waals surface area contributed by atoms with Crippen molar-refractivity contribution in [3.63, 3.8) is 0 Å². The maximum Gasteiger partial charge on any atom is 0.0998 e. The van der Waals surface area contributed by atoms with Crippen LogP contribution in [0.3, 0.4) is 0 Å². The van der Waals surface area contributed by atoms with Crippen LogP contribution in [-0.2, 0) is 0 Å². The van der Waals surface area contributed by atoms with Crippen LogP contribution in [0.5, 0.6) is 0 Å². The monoisotopic (exact) mass is 543 g/mol. The predicted molar refractivity (Wildman–Crippen MR) is 173 cm³/mol. The van der Waals surface area contributed by atoms with Crippen molar-refractivity contribution >= 4 is 63.0 Å². The molecule has 6 aromatic carbocycles. The van der Waals surface area contributed by atoms with E-state index in [4.69, 9.17) is 0 Å². The van der Waals surface area contributed by atoms with Gasteiger partial charge in [-0.2, -0.15) is 5.26 Å². The lowest BCUT2D eigenvalue weighted by molar-refractivity contribution is 1.48. The number of nitriles is 1. The van der Waals surface area contributed by atoms with Gasteiger partial charge in [0.05, 0.1) is 11.6 Å². The zero-order chi connectivity index (χ0) is 26.6. The Labute approximate surface area is 239 Å². The molecule has 0 N–H and O–H groups in total. The molecule has 186 valence electrons. The van der Waals surface area contributed by atoms with Crippen LogP contribution in [-0.4, -0.2) is 0 Å². The first-order valence-electron chi connectivity index (χ1n) is 13.2. The normalized spacial score (nSPS) is 11.5. The fourth-order valence-electron chi connectivity index (χ4n) is 5.92. The molecule has 8 rings (SSSR count). The summed E-state index contributed by atoms with van der Waals surface area (Å²) in [6.45, 7) is 0. The molecule has 3 heteroatoms. The van der Waals surface area contributed by atoms with Crippen molar-refractivity contribution in [2.75, 3.05) is 0 Å². The lowest BCUT2D eigenvalue weighted by Gasteiger charge is -2.17. The highest BCUT2D eigenvalue weighted by atomic mass is 32.1. The number of rotatable bonds is 3. The van der Waals surface area contributed by atoms with E-state index in [0.717, 1.165) is 22.3 Å². The predicted octanol–water partition coefficient (Wildman–Crippen LogP) is 11.3. The molecule has 8 aromatic rings. The second-order valence-electron chi connectivity index (χ2n) is 10.0. The summed E-state index contributed by atoms with van der Waals surface area (Å²) in [6, 6.07) is 47.8. The van der Waals surface area contributed by atoms with Crippen LogP contribution in [0.1, 0.15) is 5.56 Å². The summed E-state index contributed by atoms with van der Waals surface area (Å²) in [5.74, 6) is 0. The molecule has 0 aliphatic rings. The Morgan fingerprint density at radius 3 is 1.65 bits per heavy atom. The summed E-state index contributed by atoms with van der Waals surface area (Å²) >= 11 is 3.67. The van der Waals surface area contributed by atoms with Crippen molar-refractivity contribution in [1.82, 2.24) is 0 Å². The highest BCUT2D eigenvalue weighted by molar-refractivity contribution is 7.26. The van der Waals surface area contributed by atoms with Crippen molar-refractivity contribution < 1.29 is 0 Å². The van der Waals surface area contributed by atoms with Gasteiger partial charge in [-0.3, -0.25) is 0 Å². The van der Waals surface area contributed by atoms with E-state index in [9.17, 15) is 5.26 Å². The molecule has 0 fully saturated rings. The third-order valence-corrected chi connectivity index (χ3v) is 10.1. The van der Waals surface area contributed by atoms with Crippen molar-refractivity contribution in [1.29, 1.82) is 5.26 Å². The first-order valence-corrected chi connectivity index (χ1v) is 14.9. The Bertz CT molecular complexity index is 2290. The quantitative estimate of drug-likeness (QED) is 0.217. The maximum atomic E-state index is 10.0. The van der Waals surface area contributed by atoms with Gasteiger partial charge in [-0.25, -0.2) is 0 Å². The van der Waals surface area contributed by atoms with Crippen molar-refractivity contribution in [3.8, 4) is 39.4 Å². The van der Waals surface area contributed by atoms with Crippen LogP contribution in [0.25, 0.3) is 73.7 Å². The minimum Gasteiger partial charge on any atom is -0.192 e. The molecule has 0 bridgehead atoms. The lowest BCUT2D eigenvalue weighted by atomic mass is 9.86. The van der Waals surface area contributed by atoms with Gasteiger partial charge in [-0.05, 0) is 70.3 Å². The van der Waals surface area contributed by atoms with Crippen molar-refractivity contribution in [3.05, 3.63) is 133 Å². The third kappa shape index (κ3) is 3.58. The van der Waals surface area contributed by atoms with E-state index in [1.807, 2.05) is 40.9 Å². The van der Waals surface area contributed by atoms with Crippen molar-refractivity contribution in [2.24, 2.45) is 0 Å². The molecule has 0 amide bonds. The van der Waals surface area contributed by atoms with E-state index in [0.29, 0.717) is 5.56 Å². The summed E-state index contributed by atoms with van der Waals surface area (Å²) in [5.41, 5.74) is 7.37. The minimum absolute atomic E-state index is 0.683. The standard InChI is InChI=1S/C37H21NS2/c38-22-25-8-1-2-9-26(25)30-13-7-12-27(23-16-18-35-31(20-23)28-10-3-5-14-33(28)39-35)37(30)24-17-19-36-32(21-24)29-11-4-6-15-34(29)40-36/h1-21H. The molecule has 2 heterocycles. The molecule has 0 spiro atoms. The van der Waals surface area contributed by atoms with Gasteiger partial charge < -0.3 is 0 Å². The number of benzene rings is 6. The second-order valence-corrected chi connectivity index (χ2v) is 12.2. The van der Waals surface area contributed by atoms with Crippen LogP contribution < -0.4 is 0 Å². The Hall–Kier alpha value is -4.75. The SMILES string of the molecule is N#Cc1ccccc1-c1cccc(-c2ccc3sc4ccccc4c3c2)c1-c1ccc2sc3ccccc3c2c1. The van der Waals surface area contributed by atoms with Gasteiger partial charge in [0.25, 0.3) is 0 Å². The molecule has 0 saturated heterocycles. The Morgan fingerprint density at radius 1 is 0.425 bits per heavy atom. The largest absolute Gasteiger partial charge is 0.192 e. The van der Waals surface area contributed by atoms with E-state index in [1.165, 1.54) is 51.5 Å². The Balaban J connectivity index is 1.45. The van der Waals surface area contributed by atoms with Gasteiger partial charge in [0.15, 0.2) is 0 Å². The van der Waals surface area contributed by atoms with Gasteiger partial charge in [0.2, 0.25) is 0 Å². The van der Waals surface area contributed by atoms with Crippen molar-refractivity contribution in [2.45, 2.75) is 0 Å². The first-order chi connectivity index (χ1) is 19.8. The van der Waals surface area contributed by atoms with E-state index in [-0.39, 0.29) is 0 Å². The number of hydrogen-bond donors (Lipinski definition) is 0. The first kappa shape index (κ1) is 23.2. The molecule has 0 aliphatic heterocycles. The molecule has 2 aromatic heterocycles. The number of fused-ring (bicyclic) bond motifs is 6. The maximum absolute atomic E-state index is 10.0. The topological polar surface area (TPSA) is 23.8 Å². The van der Waals surface area contributed by atoms with E-state index in [1.54, 1.807) is 0 Å². The Morgan fingerprint density at radius 2 is 0.950 bits per heavy atom. The lowest BCUT2D eigenvalue weighted by Crippen LogP contribution is -1.92. The smallest absolute Gasteiger partial charge is 0.0998 e. The Kier molecular flexibility index (Phi) is 5.31. The molecular formula is C37H21NS2. The molecule has 0 atom stereocenters. The molecular weight excluding hydrogens is 523 g/mol. The average Bonchev–Trinajstić information content (AvgIpc) is 3.58. The fourth-order valence-corrected chi connectivity index (χ4v) is 8.09. The van der Waals surface area contributed by atoms with Gasteiger partial charge in [-0.15, -0.1) is 22.7 Å². The zero-order valence-corrected chi connectivity index (χ0v) is 23.0. The van der Waals surface area contributed by atoms with Crippen LogP contribution in [0.4, 0.5) is 0 Å². The zero-order valence-electron chi connectivity index (χ0n) is 21.4. The number of thiophene rings is 2. The minimum atomic E-state index is 0.683. The second kappa shape index (κ2) is 9.17. The molecule has 0 saturated carbocycles. The van der Waals surface area contributed by atoms with Crippen LogP contribution in [0.2, 0.25) is 0 Å². The molecule has 0 unspecified atom stereocenters. The van der Waals surface area contributed by atoms with E-state index in [2.05, 4.69) is 115 Å². The summed E-state index contributed by atoms with van der Waals surface area (Å²) in [6.07, 6.45) is 0. The average molecular weight is 544 g/mol. The van der Waals surface area contributed by atoms with E-state index < -0.39 is 0 Å².